The third-order valence-electron chi connectivity index (χ3n) is 4.14. The number of methoxy groups -OCH3 is 1. The molecule has 148 valence electrons. The van der Waals surface area contributed by atoms with E-state index in [1.165, 1.54) is 31.4 Å². The maximum absolute atomic E-state index is 13.9. The molecule has 0 aromatic heterocycles. The van der Waals surface area contributed by atoms with Gasteiger partial charge in [-0.2, -0.15) is 0 Å². The van der Waals surface area contributed by atoms with Crippen molar-refractivity contribution in [3.05, 3.63) is 63.5 Å². The number of imide groups is 1. The maximum Gasteiger partial charge on any atom is 0.329 e. The Kier molecular flexibility index (Phi) is 6.20. The standard InChI is InChI=1S/C21H16BrFN2O4/c1-3-8-29-19-11-15(22)14(10-18(19)28-2)9-17-20(26)25(21(27)24-17)12-13-6-4-5-7-16(13)23/h1,4-7,9-11H,8,12H2,2H3,(H,24,27)/b17-9-. The zero-order valence-electron chi connectivity index (χ0n) is 15.4. The van der Waals surface area contributed by atoms with Crippen LogP contribution in [0, 0.1) is 18.2 Å². The molecule has 29 heavy (non-hydrogen) atoms. The third-order valence-corrected chi connectivity index (χ3v) is 4.83. The number of benzene rings is 2. The van der Waals surface area contributed by atoms with Crippen LogP contribution in [0.4, 0.5) is 9.18 Å². The van der Waals surface area contributed by atoms with Gasteiger partial charge in [0.25, 0.3) is 5.91 Å². The molecule has 1 heterocycles. The number of nitrogens with zero attached hydrogens (tertiary/aromatic N) is 1. The number of terminal acetylenes is 1. The lowest BCUT2D eigenvalue weighted by molar-refractivity contribution is -0.123. The molecule has 1 aliphatic rings. The SMILES string of the molecule is C#CCOc1cc(Br)c(/C=C2\NC(=O)N(Cc3ccccc3F)C2=O)cc1OC. The van der Waals surface area contributed by atoms with Crippen LogP contribution in [0.1, 0.15) is 11.1 Å². The van der Waals surface area contributed by atoms with Crippen LogP contribution in [0.2, 0.25) is 0 Å². The predicted octanol–water partition coefficient (Wildman–Crippen LogP) is 3.70. The summed E-state index contributed by atoms with van der Waals surface area (Å²) < 4.78 is 25.2. The van der Waals surface area contributed by atoms with Crippen molar-refractivity contribution < 1.29 is 23.5 Å². The Morgan fingerprint density at radius 1 is 1.28 bits per heavy atom. The molecular weight excluding hydrogens is 443 g/mol. The van der Waals surface area contributed by atoms with Gasteiger partial charge < -0.3 is 14.8 Å². The molecule has 2 aromatic carbocycles. The Balaban J connectivity index is 1.87. The summed E-state index contributed by atoms with van der Waals surface area (Å²) in [7, 11) is 1.47. The van der Waals surface area contributed by atoms with Crippen molar-refractivity contribution in [3.63, 3.8) is 0 Å². The second-order valence-electron chi connectivity index (χ2n) is 5.99. The Labute approximate surface area is 175 Å². The summed E-state index contributed by atoms with van der Waals surface area (Å²) in [6.45, 7) is -0.0964. The normalized spacial score (nSPS) is 14.7. The lowest BCUT2D eigenvalue weighted by Gasteiger charge is -2.12. The first-order valence-corrected chi connectivity index (χ1v) is 9.25. The average Bonchev–Trinajstić information content (AvgIpc) is 2.97. The minimum atomic E-state index is -0.624. The van der Waals surface area contributed by atoms with Crippen LogP contribution < -0.4 is 14.8 Å². The molecule has 2 aromatic rings. The second kappa shape index (κ2) is 8.80. The van der Waals surface area contributed by atoms with E-state index in [2.05, 4.69) is 27.2 Å². The van der Waals surface area contributed by atoms with E-state index in [-0.39, 0.29) is 24.4 Å². The third kappa shape index (κ3) is 4.41. The average molecular weight is 459 g/mol. The van der Waals surface area contributed by atoms with E-state index < -0.39 is 17.8 Å². The summed E-state index contributed by atoms with van der Waals surface area (Å²) >= 11 is 3.40. The van der Waals surface area contributed by atoms with Crippen LogP contribution in [0.15, 0.2) is 46.6 Å². The number of hydrogen-bond acceptors (Lipinski definition) is 4. The molecule has 1 N–H and O–H groups in total. The van der Waals surface area contributed by atoms with Crippen LogP contribution in [-0.4, -0.2) is 30.6 Å². The molecule has 8 heteroatoms. The van der Waals surface area contributed by atoms with Gasteiger partial charge in [-0.3, -0.25) is 9.69 Å². The number of rotatable bonds is 6. The summed E-state index contributed by atoms with van der Waals surface area (Å²) in [4.78, 5) is 25.8. The fourth-order valence-corrected chi connectivity index (χ4v) is 3.16. The summed E-state index contributed by atoms with van der Waals surface area (Å²) in [5.41, 5.74) is 0.882. The number of ether oxygens (including phenoxy) is 2. The molecule has 0 atom stereocenters. The molecule has 6 nitrogen and oxygen atoms in total. The highest BCUT2D eigenvalue weighted by atomic mass is 79.9. The quantitative estimate of drug-likeness (QED) is 0.407. The van der Waals surface area contributed by atoms with Gasteiger partial charge in [0, 0.05) is 10.0 Å². The van der Waals surface area contributed by atoms with E-state index in [0.29, 0.717) is 21.5 Å². The van der Waals surface area contributed by atoms with Crippen LogP contribution in [0.3, 0.4) is 0 Å². The minimum Gasteiger partial charge on any atom is -0.493 e. The van der Waals surface area contributed by atoms with Gasteiger partial charge in [0.05, 0.1) is 13.7 Å². The van der Waals surface area contributed by atoms with Gasteiger partial charge in [0.1, 0.15) is 18.1 Å². The highest BCUT2D eigenvalue weighted by molar-refractivity contribution is 9.10. The van der Waals surface area contributed by atoms with E-state index in [4.69, 9.17) is 15.9 Å². The zero-order chi connectivity index (χ0) is 21.0. The van der Waals surface area contributed by atoms with Gasteiger partial charge >= 0.3 is 6.03 Å². The van der Waals surface area contributed by atoms with Crippen molar-refractivity contribution in [3.8, 4) is 23.8 Å². The predicted molar refractivity (Wildman–Crippen MR) is 108 cm³/mol. The van der Waals surface area contributed by atoms with Gasteiger partial charge in [-0.15, -0.1) is 6.42 Å². The molecule has 0 radical (unpaired) electrons. The van der Waals surface area contributed by atoms with Gasteiger partial charge in [-0.1, -0.05) is 40.0 Å². The fraction of sp³-hybridized carbons (Fsp3) is 0.143. The first-order chi connectivity index (χ1) is 13.9. The van der Waals surface area contributed by atoms with Gasteiger partial charge in [0.15, 0.2) is 11.5 Å². The summed E-state index contributed by atoms with van der Waals surface area (Å²) in [5, 5.41) is 2.51. The molecule has 0 spiro atoms. The Morgan fingerprint density at radius 2 is 2.03 bits per heavy atom. The van der Waals surface area contributed by atoms with Crippen molar-refractivity contribution in [2.24, 2.45) is 0 Å². The topological polar surface area (TPSA) is 67.9 Å². The van der Waals surface area contributed by atoms with Gasteiger partial charge in [0.2, 0.25) is 0 Å². The summed E-state index contributed by atoms with van der Waals surface area (Å²) in [5.74, 6) is 2.17. The van der Waals surface area contributed by atoms with E-state index in [1.54, 1.807) is 18.2 Å². The van der Waals surface area contributed by atoms with Crippen LogP contribution in [0.25, 0.3) is 6.08 Å². The van der Waals surface area contributed by atoms with Crippen molar-refractivity contribution in [1.29, 1.82) is 0 Å². The Bertz CT molecular complexity index is 1050. The molecule has 0 bridgehead atoms. The first-order valence-electron chi connectivity index (χ1n) is 8.46. The molecule has 3 amide bonds. The Morgan fingerprint density at radius 3 is 2.72 bits per heavy atom. The molecule has 0 saturated carbocycles. The highest BCUT2D eigenvalue weighted by Crippen LogP contribution is 2.35. The number of carbonyl (C=O) groups is 2. The zero-order valence-corrected chi connectivity index (χ0v) is 17.0. The molecule has 0 unspecified atom stereocenters. The van der Waals surface area contributed by atoms with E-state index >= 15 is 0 Å². The number of hydrogen-bond donors (Lipinski definition) is 1. The number of halogens is 2. The van der Waals surface area contributed by atoms with Crippen LogP contribution in [0.5, 0.6) is 11.5 Å². The Hall–Kier alpha value is -3.31. The largest absolute Gasteiger partial charge is 0.493 e. The maximum atomic E-state index is 13.9. The van der Waals surface area contributed by atoms with Crippen LogP contribution >= 0.6 is 15.9 Å². The number of amides is 3. The van der Waals surface area contributed by atoms with Crippen molar-refractivity contribution >= 4 is 33.9 Å². The minimum absolute atomic E-state index is 0.0615. The molecule has 1 saturated heterocycles. The number of urea groups is 1. The number of nitrogens with one attached hydrogen (secondary N) is 1. The fourth-order valence-electron chi connectivity index (χ4n) is 2.72. The molecular formula is C21H16BrFN2O4. The smallest absolute Gasteiger partial charge is 0.329 e. The van der Waals surface area contributed by atoms with E-state index in [0.717, 1.165) is 4.90 Å². The molecule has 1 fully saturated rings. The molecule has 3 rings (SSSR count). The monoisotopic (exact) mass is 458 g/mol. The van der Waals surface area contributed by atoms with Crippen molar-refractivity contribution in [1.82, 2.24) is 10.2 Å². The molecule has 1 aliphatic heterocycles. The van der Waals surface area contributed by atoms with Crippen molar-refractivity contribution in [2.45, 2.75) is 6.54 Å². The van der Waals surface area contributed by atoms with Crippen molar-refractivity contribution in [2.75, 3.05) is 13.7 Å². The van der Waals surface area contributed by atoms with Crippen LogP contribution in [-0.2, 0) is 11.3 Å². The number of carbonyl (C=O) groups excluding carboxylic acids is 2. The molecule has 0 aliphatic carbocycles. The second-order valence-corrected chi connectivity index (χ2v) is 6.84. The van der Waals surface area contributed by atoms with E-state index in [1.807, 2.05) is 0 Å². The van der Waals surface area contributed by atoms with E-state index in [9.17, 15) is 14.0 Å². The lowest BCUT2D eigenvalue weighted by atomic mass is 10.1. The lowest BCUT2D eigenvalue weighted by Crippen LogP contribution is -2.30. The summed E-state index contributed by atoms with van der Waals surface area (Å²) in [6.07, 6.45) is 6.71. The highest BCUT2D eigenvalue weighted by Gasteiger charge is 2.34. The van der Waals surface area contributed by atoms with Gasteiger partial charge in [-0.05, 0) is 29.8 Å². The van der Waals surface area contributed by atoms with Gasteiger partial charge in [-0.25, -0.2) is 9.18 Å². The first kappa shape index (κ1) is 20.4. The summed E-state index contributed by atoms with van der Waals surface area (Å²) in [6, 6.07) is 8.65.